The first-order chi connectivity index (χ1) is 17.0. The number of carbonyl (C=O) groups excluding carboxylic acids is 2. The van der Waals surface area contributed by atoms with Crippen LogP contribution in [0.15, 0.2) is 62.6 Å². The van der Waals surface area contributed by atoms with Gasteiger partial charge in [0.1, 0.15) is 24.2 Å². The van der Waals surface area contributed by atoms with E-state index in [1.165, 1.54) is 14.0 Å². The van der Waals surface area contributed by atoms with Crippen molar-refractivity contribution in [3.8, 4) is 0 Å². The molecule has 7 N–H and O–H groups in total. The summed E-state index contributed by atoms with van der Waals surface area (Å²) in [6, 6.07) is -1.21. The summed E-state index contributed by atoms with van der Waals surface area (Å²) in [7, 11) is -1.27. The maximum atomic E-state index is 13.0. The molecular formula is C23H40FN3O9P+. The van der Waals surface area contributed by atoms with E-state index in [1.54, 1.807) is 0 Å². The van der Waals surface area contributed by atoms with E-state index >= 15 is 0 Å². The van der Waals surface area contributed by atoms with Crippen LogP contribution in [0.2, 0.25) is 0 Å². The van der Waals surface area contributed by atoms with Crippen LogP contribution in [-0.4, -0.2) is 82.2 Å². The molecule has 0 saturated carbocycles. The van der Waals surface area contributed by atoms with Gasteiger partial charge in [-0.15, -0.1) is 31.2 Å². The van der Waals surface area contributed by atoms with E-state index in [4.69, 9.17) is 14.7 Å². The fourth-order valence-electron chi connectivity index (χ4n) is 2.40. The lowest BCUT2D eigenvalue weighted by molar-refractivity contribution is -0.142. The van der Waals surface area contributed by atoms with Crippen molar-refractivity contribution in [1.29, 1.82) is 0 Å². The second-order valence-corrected chi connectivity index (χ2v) is 7.83. The van der Waals surface area contributed by atoms with E-state index in [9.17, 15) is 23.7 Å². The van der Waals surface area contributed by atoms with Crippen LogP contribution in [0.5, 0.6) is 0 Å². The van der Waals surface area contributed by atoms with Gasteiger partial charge in [-0.05, 0) is 24.3 Å². The first-order valence-electron chi connectivity index (χ1n) is 10.8. The molecule has 2 aliphatic heterocycles. The highest BCUT2D eigenvalue weighted by atomic mass is 31.1. The van der Waals surface area contributed by atoms with Gasteiger partial charge in [0.25, 0.3) is 0 Å². The molecule has 5 atom stereocenters. The van der Waals surface area contributed by atoms with Crippen molar-refractivity contribution >= 4 is 20.2 Å². The van der Waals surface area contributed by atoms with Crippen LogP contribution in [-0.2, 0) is 18.8 Å². The summed E-state index contributed by atoms with van der Waals surface area (Å²) < 4.78 is 32.5. The van der Waals surface area contributed by atoms with Gasteiger partial charge in [0.15, 0.2) is 0 Å². The van der Waals surface area contributed by atoms with Crippen molar-refractivity contribution in [2.24, 2.45) is 0 Å². The zero-order valence-electron chi connectivity index (χ0n) is 21.2. The van der Waals surface area contributed by atoms with E-state index in [2.05, 4.69) is 41.5 Å². The average Bonchev–Trinajstić information content (AvgIpc) is 3.22. The highest BCUT2D eigenvalue weighted by molar-refractivity contribution is 7.35. The Hall–Kier alpha value is -2.77. The molecule has 0 aliphatic carbocycles. The minimum atomic E-state index is -2.48. The molecule has 2 amide bonds. The Morgan fingerprint density at radius 1 is 1.32 bits per heavy atom. The van der Waals surface area contributed by atoms with Gasteiger partial charge in [-0.2, -0.15) is 0 Å². The summed E-state index contributed by atoms with van der Waals surface area (Å²) in [6.07, 6.45) is 7.98. The number of halogens is 1. The summed E-state index contributed by atoms with van der Waals surface area (Å²) >= 11 is 0. The van der Waals surface area contributed by atoms with Gasteiger partial charge in [0.05, 0.1) is 26.4 Å². The maximum Gasteiger partial charge on any atom is 0.611 e. The predicted octanol–water partition coefficient (Wildman–Crippen LogP) is 1.75. The molecule has 0 radical (unpaired) electrons. The molecule has 1 fully saturated rings. The zero-order valence-corrected chi connectivity index (χ0v) is 22.1. The number of nitrogens with one attached hydrogen (secondary N) is 2. The van der Waals surface area contributed by atoms with Crippen LogP contribution < -0.4 is 10.4 Å². The summed E-state index contributed by atoms with van der Waals surface area (Å²) in [4.78, 5) is 31.2. The van der Waals surface area contributed by atoms with Gasteiger partial charge in [0.2, 0.25) is 0 Å². The van der Waals surface area contributed by atoms with Crippen molar-refractivity contribution in [3.63, 3.8) is 0 Å². The van der Waals surface area contributed by atoms with Gasteiger partial charge in [0, 0.05) is 12.6 Å². The first kappa shape index (κ1) is 38.8. The molecule has 2 rings (SSSR count). The molecule has 2 aliphatic rings. The Bertz CT molecular complexity index is 742. The molecule has 2 unspecified atom stereocenters. The highest BCUT2D eigenvalue weighted by Crippen LogP contribution is 2.25. The normalized spacial score (nSPS) is 20.6. The molecule has 1 saturated heterocycles. The third-order valence-corrected chi connectivity index (χ3v) is 4.75. The quantitative estimate of drug-likeness (QED) is 0.161. The van der Waals surface area contributed by atoms with Crippen molar-refractivity contribution in [3.05, 3.63) is 62.6 Å². The Labute approximate surface area is 218 Å². The number of aliphatic hydroxyl groups excluding tert-OH is 2. The number of esters is 1. The summed E-state index contributed by atoms with van der Waals surface area (Å²) in [6.45, 7) is 14.9. The molecule has 12 nitrogen and oxygen atoms in total. The lowest BCUT2D eigenvalue weighted by Gasteiger charge is -2.28. The Balaban J connectivity index is -0.000000474. The Kier molecular flexibility index (Phi) is 24.7. The summed E-state index contributed by atoms with van der Waals surface area (Å²) in [5.74, 6) is -1.04. The molecule has 37 heavy (non-hydrogen) atoms. The standard InChI is InChI=1S/C9H13FN2O4.2C5H8.C4H8NO4P.H2O/c10-5-2-11-9(15)12(3-5)8-1-6(14)7(4-13)16-8;2*1-3-5-4-2;1-3(4(6)9-2)5-10(7)8;/h3,6-8,13-14H,1-2,4H2,(H,11,15);2*3-4H,1-2,5H2;3H,1-2H3,(H-,5,7,8);1H2/p+1/t6?,7-,8-;;;3-;/m1..0./s1. The first-order valence-corrected chi connectivity index (χ1v) is 12.0. The molecule has 0 bridgehead atoms. The van der Waals surface area contributed by atoms with Gasteiger partial charge in [-0.1, -0.05) is 29.4 Å². The molecule has 0 aromatic heterocycles. The predicted molar refractivity (Wildman–Crippen MR) is 139 cm³/mol. The van der Waals surface area contributed by atoms with Crippen LogP contribution in [0.3, 0.4) is 0 Å². The number of methoxy groups -OCH3 is 1. The number of amides is 2. The number of urea groups is 1. The molecular weight excluding hydrogens is 512 g/mol. The maximum absolute atomic E-state index is 13.0. The molecule has 14 heteroatoms. The number of carbonyl (C=O) groups is 2. The summed E-state index contributed by atoms with van der Waals surface area (Å²) in [5.41, 5.74) is 0. The van der Waals surface area contributed by atoms with Gasteiger partial charge in [-0.3, -0.25) is 9.69 Å². The fraction of sp³-hybridized carbons (Fsp3) is 0.478. The van der Waals surface area contributed by atoms with Gasteiger partial charge >= 0.3 is 20.2 Å². The molecule has 0 spiro atoms. The molecule has 2 heterocycles. The van der Waals surface area contributed by atoms with Crippen molar-refractivity contribution < 1.29 is 48.6 Å². The minimum Gasteiger partial charge on any atom is -0.468 e. The van der Waals surface area contributed by atoms with Crippen molar-refractivity contribution in [2.45, 2.75) is 50.7 Å². The van der Waals surface area contributed by atoms with E-state index in [0.29, 0.717) is 0 Å². The van der Waals surface area contributed by atoms with E-state index in [-0.39, 0.29) is 25.0 Å². The lowest BCUT2D eigenvalue weighted by atomic mass is 10.2. The van der Waals surface area contributed by atoms with E-state index in [1.807, 2.05) is 24.3 Å². The van der Waals surface area contributed by atoms with E-state index in [0.717, 1.165) is 23.9 Å². The lowest BCUT2D eigenvalue weighted by Crippen LogP contribution is -2.46. The fourth-order valence-corrected chi connectivity index (χ4v) is 2.84. The van der Waals surface area contributed by atoms with Crippen LogP contribution >= 0.6 is 8.18 Å². The number of nitrogens with zero attached hydrogens (tertiary/aromatic N) is 1. The number of allylic oxidation sites excluding steroid dienone is 4. The number of aliphatic hydroxyl groups is 2. The third-order valence-electron chi connectivity index (χ3n) is 4.14. The number of hydrogen-bond donors (Lipinski definition) is 5. The highest BCUT2D eigenvalue weighted by Gasteiger charge is 2.39. The SMILES string of the molecule is C=CCC=C.C=CCC=C.COC(=O)[C@H](C)N[P+](=O)O.O.O=C1NCC(F)=CN1[C@H]1CC(O)[C@@H](CO)O1. The Morgan fingerprint density at radius 2 is 1.84 bits per heavy atom. The monoisotopic (exact) mass is 552 g/mol. The van der Waals surface area contributed by atoms with Crippen LogP contribution in [0.4, 0.5) is 9.18 Å². The Morgan fingerprint density at radius 3 is 2.19 bits per heavy atom. The second kappa shape index (κ2) is 23.6. The van der Waals surface area contributed by atoms with Crippen LogP contribution in [0, 0.1) is 0 Å². The topological polar surface area (TPSA) is 189 Å². The third kappa shape index (κ3) is 18.2. The minimum absolute atomic E-state index is 0. The second-order valence-electron chi connectivity index (χ2n) is 7.03. The number of rotatable bonds is 9. The van der Waals surface area contributed by atoms with Crippen molar-refractivity contribution in [2.75, 3.05) is 20.3 Å². The molecule has 0 aromatic rings. The smallest absolute Gasteiger partial charge is 0.468 e. The average molecular weight is 553 g/mol. The molecule has 212 valence electrons. The molecule has 0 aromatic carbocycles. The van der Waals surface area contributed by atoms with Crippen LogP contribution in [0.25, 0.3) is 0 Å². The van der Waals surface area contributed by atoms with Crippen molar-refractivity contribution in [1.82, 2.24) is 15.3 Å². The summed E-state index contributed by atoms with van der Waals surface area (Å²) in [5, 5.41) is 22.8. The number of ether oxygens (including phenoxy) is 2. The zero-order chi connectivity index (χ0) is 28.1. The number of hydrogen-bond acceptors (Lipinski definition) is 7. The van der Waals surface area contributed by atoms with Crippen LogP contribution in [0.1, 0.15) is 26.2 Å². The van der Waals surface area contributed by atoms with Gasteiger partial charge < -0.3 is 30.5 Å². The largest absolute Gasteiger partial charge is 0.611 e. The van der Waals surface area contributed by atoms with E-state index < -0.39 is 50.5 Å². The van der Waals surface area contributed by atoms with Gasteiger partial charge in [-0.25, -0.2) is 9.18 Å².